The zero-order chi connectivity index (χ0) is 17.8. The van der Waals surface area contributed by atoms with Crippen LogP contribution in [0.15, 0.2) is 36.7 Å². The van der Waals surface area contributed by atoms with Crippen LogP contribution < -0.4 is 5.32 Å². The number of nitrogens with zero attached hydrogens (tertiary/aromatic N) is 3. The number of nitrogens with one attached hydrogen (secondary N) is 1. The normalized spacial score (nSPS) is 21.2. The highest BCUT2D eigenvalue weighted by Crippen LogP contribution is 2.22. The maximum Gasteiger partial charge on any atom is 0.238 e. The number of hydrogen-bond acceptors (Lipinski definition) is 4. The van der Waals surface area contributed by atoms with Crippen molar-refractivity contribution in [3.63, 3.8) is 0 Å². The number of aromatic nitrogens is 2. The number of amides is 1. The van der Waals surface area contributed by atoms with Crippen molar-refractivity contribution in [3.05, 3.63) is 48.0 Å². The maximum absolute atomic E-state index is 13.0. The van der Waals surface area contributed by atoms with E-state index in [1.807, 2.05) is 4.90 Å². The SMILES string of the molecule is Cn1cc(NC(=O)CN2CC[C@H](O)[C@H](Cc3ccc(F)cc3)C2)cn1. The van der Waals surface area contributed by atoms with Crippen LogP contribution in [0.5, 0.6) is 0 Å². The van der Waals surface area contributed by atoms with Crippen LogP contribution in [0.4, 0.5) is 10.1 Å². The van der Waals surface area contributed by atoms with Gasteiger partial charge in [0.15, 0.2) is 0 Å². The van der Waals surface area contributed by atoms with Gasteiger partial charge in [-0.05, 0) is 30.5 Å². The van der Waals surface area contributed by atoms with Crippen LogP contribution in [0.1, 0.15) is 12.0 Å². The molecule has 0 aliphatic carbocycles. The van der Waals surface area contributed by atoms with Crippen LogP contribution in [0, 0.1) is 11.7 Å². The van der Waals surface area contributed by atoms with Gasteiger partial charge >= 0.3 is 0 Å². The molecule has 1 aliphatic rings. The van der Waals surface area contributed by atoms with E-state index in [0.29, 0.717) is 31.6 Å². The summed E-state index contributed by atoms with van der Waals surface area (Å²) in [6.45, 7) is 1.60. The lowest BCUT2D eigenvalue weighted by Crippen LogP contribution is -2.46. The number of rotatable bonds is 5. The summed E-state index contributed by atoms with van der Waals surface area (Å²) < 4.78 is 14.7. The summed E-state index contributed by atoms with van der Waals surface area (Å²) >= 11 is 0. The Hall–Kier alpha value is -2.25. The molecule has 0 radical (unpaired) electrons. The molecule has 1 aromatic carbocycles. The maximum atomic E-state index is 13.0. The number of anilines is 1. The number of carbonyl (C=O) groups excluding carboxylic acids is 1. The number of aryl methyl sites for hydroxylation is 1. The van der Waals surface area contributed by atoms with Crippen LogP contribution in [0.25, 0.3) is 0 Å². The fraction of sp³-hybridized carbons (Fsp3) is 0.444. The van der Waals surface area contributed by atoms with E-state index >= 15 is 0 Å². The van der Waals surface area contributed by atoms with Crippen LogP contribution in [0.2, 0.25) is 0 Å². The first-order chi connectivity index (χ1) is 12.0. The van der Waals surface area contributed by atoms with Crippen molar-refractivity contribution in [2.75, 3.05) is 25.0 Å². The van der Waals surface area contributed by atoms with Crippen molar-refractivity contribution < 1.29 is 14.3 Å². The average molecular weight is 346 g/mol. The van der Waals surface area contributed by atoms with Crippen molar-refractivity contribution >= 4 is 11.6 Å². The number of aliphatic hydroxyl groups excluding tert-OH is 1. The Labute approximate surface area is 146 Å². The fourth-order valence-electron chi connectivity index (χ4n) is 3.25. The fourth-order valence-corrected chi connectivity index (χ4v) is 3.25. The van der Waals surface area contributed by atoms with Gasteiger partial charge in [-0.3, -0.25) is 14.4 Å². The number of halogens is 1. The average Bonchev–Trinajstić information content (AvgIpc) is 2.97. The molecule has 134 valence electrons. The second-order valence-electron chi connectivity index (χ2n) is 6.63. The number of carbonyl (C=O) groups is 1. The van der Waals surface area contributed by atoms with E-state index in [9.17, 15) is 14.3 Å². The minimum Gasteiger partial charge on any atom is -0.393 e. The van der Waals surface area contributed by atoms with Gasteiger partial charge in [0.2, 0.25) is 5.91 Å². The number of benzene rings is 1. The highest BCUT2D eigenvalue weighted by atomic mass is 19.1. The Morgan fingerprint density at radius 1 is 1.40 bits per heavy atom. The lowest BCUT2D eigenvalue weighted by molar-refractivity contribution is -0.118. The molecule has 1 fully saturated rings. The third kappa shape index (κ3) is 4.87. The van der Waals surface area contributed by atoms with Crippen molar-refractivity contribution in [2.45, 2.75) is 18.9 Å². The van der Waals surface area contributed by atoms with E-state index in [2.05, 4.69) is 10.4 Å². The monoisotopic (exact) mass is 346 g/mol. The minimum absolute atomic E-state index is 0.0328. The zero-order valence-corrected chi connectivity index (χ0v) is 14.2. The Morgan fingerprint density at radius 3 is 2.84 bits per heavy atom. The number of hydrogen-bond donors (Lipinski definition) is 2. The number of piperidine rings is 1. The second kappa shape index (κ2) is 7.76. The predicted octanol–water partition coefficient (Wildman–Crippen LogP) is 1.42. The molecule has 1 aliphatic heterocycles. The van der Waals surface area contributed by atoms with Crippen LogP contribution >= 0.6 is 0 Å². The first kappa shape index (κ1) is 17.6. The van der Waals surface area contributed by atoms with Gasteiger partial charge in [0.25, 0.3) is 0 Å². The van der Waals surface area contributed by atoms with Gasteiger partial charge < -0.3 is 10.4 Å². The third-order valence-corrected chi connectivity index (χ3v) is 4.54. The first-order valence-corrected chi connectivity index (χ1v) is 8.43. The minimum atomic E-state index is -0.400. The van der Waals surface area contributed by atoms with Gasteiger partial charge in [0, 0.05) is 32.3 Å². The van der Waals surface area contributed by atoms with Crippen molar-refractivity contribution in [2.24, 2.45) is 13.0 Å². The number of likely N-dealkylation sites (tertiary alicyclic amines) is 1. The summed E-state index contributed by atoms with van der Waals surface area (Å²) in [4.78, 5) is 14.2. The molecule has 6 nitrogen and oxygen atoms in total. The smallest absolute Gasteiger partial charge is 0.238 e. The molecule has 7 heteroatoms. The Balaban J connectivity index is 1.54. The largest absolute Gasteiger partial charge is 0.393 e. The van der Waals surface area contributed by atoms with Crippen LogP contribution in [-0.4, -0.2) is 51.4 Å². The first-order valence-electron chi connectivity index (χ1n) is 8.43. The lowest BCUT2D eigenvalue weighted by atomic mass is 9.88. The third-order valence-electron chi connectivity index (χ3n) is 4.54. The molecule has 2 atom stereocenters. The predicted molar refractivity (Wildman–Crippen MR) is 92.5 cm³/mol. The highest BCUT2D eigenvalue weighted by Gasteiger charge is 2.28. The lowest BCUT2D eigenvalue weighted by Gasteiger charge is -2.35. The molecule has 0 bridgehead atoms. The van der Waals surface area contributed by atoms with E-state index in [-0.39, 0.29) is 24.2 Å². The van der Waals surface area contributed by atoms with E-state index in [1.165, 1.54) is 12.1 Å². The van der Waals surface area contributed by atoms with Crippen molar-refractivity contribution in [3.8, 4) is 0 Å². The zero-order valence-electron chi connectivity index (χ0n) is 14.2. The molecule has 25 heavy (non-hydrogen) atoms. The quantitative estimate of drug-likeness (QED) is 0.859. The van der Waals surface area contributed by atoms with E-state index in [0.717, 1.165) is 5.56 Å². The van der Waals surface area contributed by atoms with Crippen molar-refractivity contribution in [1.29, 1.82) is 0 Å². The van der Waals surface area contributed by atoms with Crippen LogP contribution in [0.3, 0.4) is 0 Å². The standard InChI is InChI=1S/C18H23FN4O2/c1-22-11-16(9-20-22)21-18(25)12-23-7-6-17(24)14(10-23)8-13-2-4-15(19)5-3-13/h2-5,9,11,14,17,24H,6-8,10,12H2,1H3,(H,21,25)/t14-,17+/m1/s1. The van der Waals surface area contributed by atoms with E-state index in [1.54, 1.807) is 36.3 Å². The summed E-state index contributed by atoms with van der Waals surface area (Å²) in [7, 11) is 1.79. The van der Waals surface area contributed by atoms with Crippen molar-refractivity contribution in [1.82, 2.24) is 14.7 Å². The molecule has 3 rings (SSSR count). The summed E-state index contributed by atoms with van der Waals surface area (Å²) in [5, 5.41) is 17.1. The Bertz CT molecular complexity index is 716. The summed E-state index contributed by atoms with van der Waals surface area (Å²) in [5.74, 6) is -0.322. The Kier molecular flexibility index (Phi) is 5.45. The number of aliphatic hydroxyl groups is 1. The summed E-state index contributed by atoms with van der Waals surface area (Å²) in [6, 6.07) is 6.36. The molecule has 2 heterocycles. The van der Waals surface area contributed by atoms with Crippen LogP contribution in [-0.2, 0) is 18.3 Å². The molecule has 0 spiro atoms. The summed E-state index contributed by atoms with van der Waals surface area (Å²) in [5.41, 5.74) is 1.67. The Morgan fingerprint density at radius 2 is 2.16 bits per heavy atom. The summed E-state index contributed by atoms with van der Waals surface area (Å²) in [6.07, 6.45) is 4.25. The topological polar surface area (TPSA) is 70.4 Å². The van der Waals surface area contributed by atoms with Gasteiger partial charge in [-0.2, -0.15) is 5.10 Å². The van der Waals surface area contributed by atoms with Gasteiger partial charge in [-0.25, -0.2) is 4.39 Å². The molecule has 1 aromatic heterocycles. The molecule has 0 unspecified atom stereocenters. The molecule has 0 saturated carbocycles. The van der Waals surface area contributed by atoms with E-state index in [4.69, 9.17) is 0 Å². The van der Waals surface area contributed by atoms with Gasteiger partial charge in [0.05, 0.1) is 24.5 Å². The van der Waals surface area contributed by atoms with Gasteiger partial charge in [-0.15, -0.1) is 0 Å². The second-order valence-corrected chi connectivity index (χ2v) is 6.63. The van der Waals surface area contributed by atoms with E-state index < -0.39 is 6.10 Å². The molecule has 2 N–H and O–H groups in total. The highest BCUT2D eigenvalue weighted by molar-refractivity contribution is 5.91. The molecular weight excluding hydrogens is 323 g/mol. The van der Waals surface area contributed by atoms with Gasteiger partial charge in [0.1, 0.15) is 5.82 Å². The van der Waals surface area contributed by atoms with Gasteiger partial charge in [-0.1, -0.05) is 12.1 Å². The molecule has 1 saturated heterocycles. The molecular formula is C18H23FN4O2. The molecule has 1 amide bonds. The molecule has 2 aromatic rings.